The molecule has 2 aromatic rings. The maximum absolute atomic E-state index is 11.9. The smallest absolute Gasteiger partial charge is 0.257 e. The predicted octanol–water partition coefficient (Wildman–Crippen LogP) is 3.95. The third-order valence-corrected chi connectivity index (χ3v) is 2.88. The molecule has 0 radical (unpaired) electrons. The highest BCUT2D eigenvalue weighted by Gasteiger charge is 2.11. The number of hydrogen-bond acceptors (Lipinski definition) is 2. The molecule has 18 heavy (non-hydrogen) atoms. The van der Waals surface area contributed by atoms with Crippen molar-refractivity contribution >= 4 is 34.8 Å². The topological polar surface area (TPSA) is 49.3 Å². The van der Waals surface area contributed by atoms with Crippen molar-refractivity contribution in [3.63, 3.8) is 0 Å². The van der Waals surface area contributed by atoms with Crippen LogP contribution in [0.25, 0.3) is 0 Å². The van der Waals surface area contributed by atoms with Crippen molar-refractivity contribution in [2.45, 2.75) is 0 Å². The van der Waals surface area contributed by atoms with Crippen LogP contribution in [-0.4, -0.2) is 11.0 Å². The SMILES string of the molecule is O=C(Nc1ccc(Cl)cc1)c1cc(O)ccc1Cl. The van der Waals surface area contributed by atoms with E-state index in [1.807, 2.05) is 0 Å². The Hall–Kier alpha value is -1.71. The van der Waals surface area contributed by atoms with Crippen LogP contribution < -0.4 is 5.32 Å². The van der Waals surface area contributed by atoms with E-state index in [1.54, 1.807) is 24.3 Å². The number of halogens is 2. The molecular weight excluding hydrogens is 273 g/mol. The number of amides is 1. The molecule has 92 valence electrons. The number of phenols is 1. The molecule has 3 nitrogen and oxygen atoms in total. The first-order valence-corrected chi connectivity index (χ1v) is 5.87. The molecule has 0 bridgehead atoms. The van der Waals surface area contributed by atoms with Crippen LogP contribution in [-0.2, 0) is 0 Å². The second-order valence-corrected chi connectivity index (χ2v) is 4.47. The molecule has 0 spiro atoms. The molecule has 0 aliphatic rings. The van der Waals surface area contributed by atoms with Gasteiger partial charge in [0.15, 0.2) is 0 Å². The molecule has 0 aliphatic heterocycles. The Morgan fingerprint density at radius 1 is 1.06 bits per heavy atom. The Balaban J connectivity index is 2.21. The van der Waals surface area contributed by atoms with Gasteiger partial charge in [0.25, 0.3) is 5.91 Å². The van der Waals surface area contributed by atoms with Crippen LogP contribution >= 0.6 is 23.2 Å². The number of carbonyl (C=O) groups is 1. The van der Waals surface area contributed by atoms with Crippen LogP contribution in [0.1, 0.15) is 10.4 Å². The molecule has 2 rings (SSSR count). The number of anilines is 1. The Morgan fingerprint density at radius 2 is 1.72 bits per heavy atom. The maximum Gasteiger partial charge on any atom is 0.257 e. The van der Waals surface area contributed by atoms with Crippen molar-refractivity contribution in [1.29, 1.82) is 0 Å². The monoisotopic (exact) mass is 281 g/mol. The van der Waals surface area contributed by atoms with Gasteiger partial charge in [0.2, 0.25) is 0 Å². The number of carbonyl (C=O) groups excluding carboxylic acids is 1. The van der Waals surface area contributed by atoms with Gasteiger partial charge in [0.05, 0.1) is 10.6 Å². The van der Waals surface area contributed by atoms with Crippen LogP contribution in [0.15, 0.2) is 42.5 Å². The molecule has 0 aromatic heterocycles. The lowest BCUT2D eigenvalue weighted by Gasteiger charge is -2.07. The van der Waals surface area contributed by atoms with Gasteiger partial charge in [0, 0.05) is 10.7 Å². The average Bonchev–Trinajstić information content (AvgIpc) is 2.35. The lowest BCUT2D eigenvalue weighted by atomic mass is 10.2. The fraction of sp³-hybridized carbons (Fsp3) is 0. The number of aromatic hydroxyl groups is 1. The number of phenolic OH excluding ortho intramolecular Hbond substituents is 1. The Kier molecular flexibility index (Phi) is 3.75. The van der Waals surface area contributed by atoms with Gasteiger partial charge < -0.3 is 10.4 Å². The molecule has 0 saturated heterocycles. The maximum atomic E-state index is 11.9. The third kappa shape index (κ3) is 2.94. The highest BCUT2D eigenvalue weighted by Crippen LogP contribution is 2.22. The van der Waals surface area contributed by atoms with Crippen LogP contribution in [0, 0.1) is 0 Å². The van der Waals surface area contributed by atoms with Gasteiger partial charge in [-0.1, -0.05) is 23.2 Å². The average molecular weight is 282 g/mol. The van der Waals surface area contributed by atoms with Crippen molar-refractivity contribution < 1.29 is 9.90 Å². The molecular formula is C13H9Cl2NO2. The fourth-order valence-corrected chi connectivity index (χ4v) is 1.75. The summed E-state index contributed by atoms with van der Waals surface area (Å²) in [5, 5.41) is 12.9. The van der Waals surface area contributed by atoms with E-state index in [2.05, 4.69) is 5.32 Å². The number of nitrogens with one attached hydrogen (secondary N) is 1. The largest absolute Gasteiger partial charge is 0.508 e. The van der Waals surface area contributed by atoms with Crippen LogP contribution in [0.5, 0.6) is 5.75 Å². The van der Waals surface area contributed by atoms with E-state index < -0.39 is 5.91 Å². The first-order valence-electron chi connectivity index (χ1n) is 5.12. The molecule has 0 unspecified atom stereocenters. The molecule has 0 heterocycles. The van der Waals surface area contributed by atoms with E-state index in [0.717, 1.165) is 0 Å². The van der Waals surface area contributed by atoms with Gasteiger partial charge in [-0.15, -0.1) is 0 Å². The molecule has 2 N–H and O–H groups in total. The predicted molar refractivity (Wildman–Crippen MR) is 72.5 cm³/mol. The molecule has 5 heteroatoms. The third-order valence-electron chi connectivity index (χ3n) is 2.30. The zero-order valence-corrected chi connectivity index (χ0v) is 10.7. The van der Waals surface area contributed by atoms with Crippen LogP contribution in [0.2, 0.25) is 10.0 Å². The van der Waals surface area contributed by atoms with Crippen LogP contribution in [0.3, 0.4) is 0 Å². The minimum atomic E-state index is -0.391. The van der Waals surface area contributed by atoms with Gasteiger partial charge in [-0.2, -0.15) is 0 Å². The standard InChI is InChI=1S/C13H9Cl2NO2/c14-8-1-3-9(4-2-8)16-13(18)11-7-10(17)5-6-12(11)15/h1-7,17H,(H,16,18). The van der Waals surface area contributed by atoms with E-state index in [9.17, 15) is 9.90 Å². The summed E-state index contributed by atoms with van der Waals surface area (Å²) in [5.74, 6) is -0.404. The highest BCUT2D eigenvalue weighted by molar-refractivity contribution is 6.34. The summed E-state index contributed by atoms with van der Waals surface area (Å²) in [6.07, 6.45) is 0. The lowest BCUT2D eigenvalue weighted by Crippen LogP contribution is -2.12. The van der Waals surface area contributed by atoms with Gasteiger partial charge in [-0.25, -0.2) is 0 Å². The summed E-state index contributed by atoms with van der Waals surface area (Å²) in [6.45, 7) is 0. The molecule has 0 saturated carbocycles. The Labute approximate surface area is 114 Å². The minimum absolute atomic E-state index is 0.0133. The summed E-state index contributed by atoms with van der Waals surface area (Å²) < 4.78 is 0. The summed E-state index contributed by atoms with van der Waals surface area (Å²) >= 11 is 11.6. The first-order chi connectivity index (χ1) is 8.56. The van der Waals surface area contributed by atoms with Crippen molar-refractivity contribution in [3.8, 4) is 5.75 Å². The quantitative estimate of drug-likeness (QED) is 0.876. The number of hydrogen-bond donors (Lipinski definition) is 2. The van der Waals surface area contributed by atoms with Crippen molar-refractivity contribution in [2.75, 3.05) is 5.32 Å². The normalized spacial score (nSPS) is 10.1. The summed E-state index contributed by atoms with van der Waals surface area (Å²) in [6, 6.07) is 10.9. The summed E-state index contributed by atoms with van der Waals surface area (Å²) in [4.78, 5) is 11.9. The number of rotatable bonds is 2. The van der Waals surface area contributed by atoms with E-state index in [4.69, 9.17) is 23.2 Å². The van der Waals surface area contributed by atoms with E-state index in [1.165, 1.54) is 18.2 Å². The minimum Gasteiger partial charge on any atom is -0.508 e. The Morgan fingerprint density at radius 3 is 2.39 bits per heavy atom. The Bertz CT molecular complexity index is 582. The van der Waals surface area contributed by atoms with E-state index in [-0.39, 0.29) is 16.3 Å². The zero-order chi connectivity index (χ0) is 13.1. The van der Waals surface area contributed by atoms with Gasteiger partial charge in [-0.05, 0) is 42.5 Å². The van der Waals surface area contributed by atoms with Crippen molar-refractivity contribution in [3.05, 3.63) is 58.1 Å². The molecule has 0 aliphatic carbocycles. The molecule has 2 aromatic carbocycles. The zero-order valence-electron chi connectivity index (χ0n) is 9.15. The second-order valence-electron chi connectivity index (χ2n) is 3.63. The van der Waals surface area contributed by atoms with Crippen molar-refractivity contribution in [2.24, 2.45) is 0 Å². The summed E-state index contributed by atoms with van der Waals surface area (Å²) in [7, 11) is 0. The first kappa shape index (κ1) is 12.7. The van der Waals surface area contributed by atoms with E-state index >= 15 is 0 Å². The van der Waals surface area contributed by atoms with Gasteiger partial charge in [0.1, 0.15) is 5.75 Å². The molecule has 0 atom stereocenters. The van der Waals surface area contributed by atoms with Gasteiger partial charge >= 0.3 is 0 Å². The lowest BCUT2D eigenvalue weighted by molar-refractivity contribution is 0.102. The summed E-state index contributed by atoms with van der Waals surface area (Å²) in [5.41, 5.74) is 0.815. The number of benzene rings is 2. The fourth-order valence-electron chi connectivity index (χ4n) is 1.42. The molecule has 1 amide bonds. The highest BCUT2D eigenvalue weighted by atomic mass is 35.5. The second kappa shape index (κ2) is 5.29. The van der Waals surface area contributed by atoms with Crippen molar-refractivity contribution in [1.82, 2.24) is 0 Å². The van der Waals surface area contributed by atoms with Crippen LogP contribution in [0.4, 0.5) is 5.69 Å². The molecule has 0 fully saturated rings. The van der Waals surface area contributed by atoms with Gasteiger partial charge in [-0.3, -0.25) is 4.79 Å². The van der Waals surface area contributed by atoms with E-state index in [0.29, 0.717) is 10.7 Å².